The Labute approximate surface area is 110 Å². The average molecular weight is 244 g/mol. The molecule has 98 valence electrons. The molecule has 1 aromatic rings. The van der Waals surface area contributed by atoms with Crippen molar-refractivity contribution in [1.82, 2.24) is 5.43 Å². The fourth-order valence-corrected chi connectivity index (χ4v) is 3.16. The Hall–Kier alpha value is -0.860. The van der Waals surface area contributed by atoms with Crippen LogP contribution in [0.4, 0.5) is 0 Å². The molecule has 0 saturated heterocycles. The van der Waals surface area contributed by atoms with Gasteiger partial charge in [0, 0.05) is 6.04 Å². The first kappa shape index (κ1) is 12.2. The zero-order valence-corrected chi connectivity index (χ0v) is 11.2. The monoisotopic (exact) mass is 244 g/mol. The number of hydrazine groups is 1. The molecule has 18 heavy (non-hydrogen) atoms. The van der Waals surface area contributed by atoms with E-state index in [1.807, 2.05) is 0 Å². The van der Waals surface area contributed by atoms with Gasteiger partial charge >= 0.3 is 0 Å². The van der Waals surface area contributed by atoms with Gasteiger partial charge in [-0.1, -0.05) is 37.6 Å². The highest BCUT2D eigenvalue weighted by molar-refractivity contribution is 5.29. The third kappa shape index (κ3) is 2.32. The van der Waals surface area contributed by atoms with E-state index in [1.165, 1.54) is 43.2 Å². The first-order chi connectivity index (χ1) is 8.79. The van der Waals surface area contributed by atoms with Gasteiger partial charge in [0.05, 0.1) is 0 Å². The van der Waals surface area contributed by atoms with Crippen molar-refractivity contribution in [3.63, 3.8) is 0 Å². The standard InChI is InChI=1S/C16H24N2/c1-11(12-5-6-12)16(18-17)15-9-7-14(8-10-15)13-3-2-4-13/h7-13,16,18H,2-6,17H2,1H3. The summed E-state index contributed by atoms with van der Waals surface area (Å²) >= 11 is 0. The fraction of sp³-hybridized carbons (Fsp3) is 0.625. The van der Waals surface area contributed by atoms with Gasteiger partial charge in [-0.05, 0) is 54.6 Å². The van der Waals surface area contributed by atoms with E-state index in [2.05, 4.69) is 36.6 Å². The summed E-state index contributed by atoms with van der Waals surface area (Å²) in [5.74, 6) is 8.10. The maximum atomic E-state index is 5.76. The summed E-state index contributed by atoms with van der Waals surface area (Å²) in [6.45, 7) is 2.32. The van der Waals surface area contributed by atoms with Crippen LogP contribution in [0.5, 0.6) is 0 Å². The van der Waals surface area contributed by atoms with Gasteiger partial charge in [-0.3, -0.25) is 11.3 Å². The molecule has 1 aromatic carbocycles. The van der Waals surface area contributed by atoms with Crippen LogP contribution in [0.3, 0.4) is 0 Å². The maximum Gasteiger partial charge on any atom is 0.0488 e. The number of rotatable bonds is 5. The van der Waals surface area contributed by atoms with Crippen molar-refractivity contribution in [2.45, 2.75) is 51.0 Å². The van der Waals surface area contributed by atoms with Gasteiger partial charge in [-0.25, -0.2) is 0 Å². The van der Waals surface area contributed by atoms with Crippen LogP contribution >= 0.6 is 0 Å². The summed E-state index contributed by atoms with van der Waals surface area (Å²) in [6, 6.07) is 9.48. The highest BCUT2D eigenvalue weighted by Crippen LogP contribution is 2.43. The van der Waals surface area contributed by atoms with Gasteiger partial charge in [0.25, 0.3) is 0 Å². The van der Waals surface area contributed by atoms with Crippen LogP contribution in [0.25, 0.3) is 0 Å². The zero-order valence-electron chi connectivity index (χ0n) is 11.2. The van der Waals surface area contributed by atoms with Crippen LogP contribution in [0, 0.1) is 11.8 Å². The molecule has 2 fully saturated rings. The highest BCUT2D eigenvalue weighted by atomic mass is 15.2. The Kier molecular flexibility index (Phi) is 3.40. The van der Waals surface area contributed by atoms with E-state index >= 15 is 0 Å². The lowest BCUT2D eigenvalue weighted by molar-refractivity contribution is 0.354. The topological polar surface area (TPSA) is 38.0 Å². The summed E-state index contributed by atoms with van der Waals surface area (Å²) in [5, 5.41) is 0. The lowest BCUT2D eigenvalue weighted by Gasteiger charge is -2.27. The lowest BCUT2D eigenvalue weighted by atomic mass is 9.79. The van der Waals surface area contributed by atoms with Crippen molar-refractivity contribution >= 4 is 0 Å². The van der Waals surface area contributed by atoms with Gasteiger partial charge in [0.15, 0.2) is 0 Å². The molecular weight excluding hydrogens is 220 g/mol. The molecule has 0 heterocycles. The zero-order chi connectivity index (χ0) is 12.5. The molecule has 0 amide bonds. The number of nitrogens with one attached hydrogen (secondary N) is 1. The molecule has 0 bridgehead atoms. The molecule has 0 aliphatic heterocycles. The normalized spacial score (nSPS) is 23.4. The summed E-state index contributed by atoms with van der Waals surface area (Å²) < 4.78 is 0. The molecule has 2 aliphatic rings. The Morgan fingerprint density at radius 1 is 1.11 bits per heavy atom. The molecule has 2 aliphatic carbocycles. The second-order valence-corrected chi connectivity index (χ2v) is 6.14. The minimum Gasteiger partial charge on any atom is -0.271 e. The molecule has 2 unspecified atom stereocenters. The van der Waals surface area contributed by atoms with Gasteiger partial charge < -0.3 is 0 Å². The quantitative estimate of drug-likeness (QED) is 0.614. The highest BCUT2D eigenvalue weighted by Gasteiger charge is 2.33. The molecule has 0 radical (unpaired) electrons. The molecular formula is C16H24N2. The fourth-order valence-electron chi connectivity index (χ4n) is 3.16. The SMILES string of the molecule is CC(C1CC1)C(NN)c1ccc(C2CCC2)cc1. The molecule has 2 nitrogen and oxygen atoms in total. The van der Waals surface area contributed by atoms with E-state index in [1.54, 1.807) is 0 Å². The second-order valence-electron chi connectivity index (χ2n) is 6.14. The predicted molar refractivity (Wildman–Crippen MR) is 75.0 cm³/mol. The van der Waals surface area contributed by atoms with E-state index in [-0.39, 0.29) is 0 Å². The van der Waals surface area contributed by atoms with E-state index < -0.39 is 0 Å². The number of nitrogens with two attached hydrogens (primary N) is 1. The van der Waals surface area contributed by atoms with Crippen molar-refractivity contribution in [1.29, 1.82) is 0 Å². The van der Waals surface area contributed by atoms with Crippen LogP contribution < -0.4 is 11.3 Å². The number of benzene rings is 1. The Balaban J connectivity index is 1.73. The van der Waals surface area contributed by atoms with Crippen molar-refractivity contribution in [2.24, 2.45) is 17.7 Å². The van der Waals surface area contributed by atoms with Crippen LogP contribution in [-0.2, 0) is 0 Å². The van der Waals surface area contributed by atoms with E-state index in [4.69, 9.17) is 5.84 Å². The summed E-state index contributed by atoms with van der Waals surface area (Å²) in [4.78, 5) is 0. The molecule has 2 heteroatoms. The average Bonchev–Trinajstić information content (AvgIpc) is 3.13. The lowest BCUT2D eigenvalue weighted by Crippen LogP contribution is -2.33. The number of hydrogen-bond donors (Lipinski definition) is 2. The molecule has 3 N–H and O–H groups in total. The Bertz CT molecular complexity index is 390. The van der Waals surface area contributed by atoms with E-state index in [9.17, 15) is 0 Å². The second kappa shape index (κ2) is 5.02. The first-order valence-corrected chi connectivity index (χ1v) is 7.35. The first-order valence-electron chi connectivity index (χ1n) is 7.35. The van der Waals surface area contributed by atoms with Crippen LogP contribution in [0.15, 0.2) is 24.3 Å². The smallest absolute Gasteiger partial charge is 0.0488 e. The summed E-state index contributed by atoms with van der Waals surface area (Å²) in [7, 11) is 0. The van der Waals surface area contributed by atoms with Crippen molar-refractivity contribution in [3.05, 3.63) is 35.4 Å². The van der Waals surface area contributed by atoms with Crippen LogP contribution in [0.1, 0.15) is 62.1 Å². The van der Waals surface area contributed by atoms with Crippen LogP contribution in [-0.4, -0.2) is 0 Å². The largest absolute Gasteiger partial charge is 0.271 e. The molecule has 3 rings (SSSR count). The molecule has 0 aromatic heterocycles. The summed E-state index contributed by atoms with van der Waals surface area (Å²) in [6.07, 6.45) is 6.89. The van der Waals surface area contributed by atoms with E-state index in [0.717, 1.165) is 11.8 Å². The van der Waals surface area contributed by atoms with Gasteiger partial charge in [0.1, 0.15) is 0 Å². The Morgan fingerprint density at radius 3 is 2.22 bits per heavy atom. The third-order valence-electron chi connectivity index (χ3n) is 4.94. The number of hydrogen-bond acceptors (Lipinski definition) is 2. The summed E-state index contributed by atoms with van der Waals surface area (Å²) in [5.41, 5.74) is 5.88. The van der Waals surface area contributed by atoms with Gasteiger partial charge in [-0.15, -0.1) is 0 Å². The minimum absolute atomic E-state index is 0.313. The van der Waals surface area contributed by atoms with Crippen molar-refractivity contribution < 1.29 is 0 Å². The predicted octanol–water partition coefficient (Wildman–Crippen LogP) is 3.50. The molecule has 0 spiro atoms. The van der Waals surface area contributed by atoms with Crippen LogP contribution in [0.2, 0.25) is 0 Å². The van der Waals surface area contributed by atoms with Crippen molar-refractivity contribution in [2.75, 3.05) is 0 Å². The van der Waals surface area contributed by atoms with Crippen molar-refractivity contribution in [3.8, 4) is 0 Å². The minimum atomic E-state index is 0.313. The molecule has 2 atom stereocenters. The Morgan fingerprint density at radius 2 is 1.78 bits per heavy atom. The third-order valence-corrected chi connectivity index (χ3v) is 4.94. The van der Waals surface area contributed by atoms with Gasteiger partial charge in [0.2, 0.25) is 0 Å². The van der Waals surface area contributed by atoms with Gasteiger partial charge in [-0.2, -0.15) is 0 Å². The van der Waals surface area contributed by atoms with E-state index in [0.29, 0.717) is 12.0 Å². The maximum absolute atomic E-state index is 5.76. The molecule has 2 saturated carbocycles.